The molecule has 4 heterocycles. The van der Waals surface area contributed by atoms with Crippen LogP contribution in [0.4, 0.5) is 0 Å². The molecule has 3 saturated heterocycles. The number of ether oxygens (including phenoxy) is 1. The van der Waals surface area contributed by atoms with E-state index in [4.69, 9.17) is 9.84 Å². The summed E-state index contributed by atoms with van der Waals surface area (Å²) in [5.74, 6) is 1.49. The average molecular weight is 404 g/mol. The number of aryl methyl sites for hydroxylation is 1. The molecule has 0 aliphatic carbocycles. The zero-order valence-electron chi connectivity index (χ0n) is 18.1. The zero-order valence-corrected chi connectivity index (χ0v) is 18.1. The molecule has 0 aromatic carbocycles. The van der Waals surface area contributed by atoms with Crippen molar-refractivity contribution in [3.63, 3.8) is 0 Å². The van der Waals surface area contributed by atoms with Gasteiger partial charge in [-0.3, -0.25) is 19.3 Å². The quantitative estimate of drug-likeness (QED) is 0.716. The van der Waals surface area contributed by atoms with E-state index >= 15 is 0 Å². The van der Waals surface area contributed by atoms with Crippen molar-refractivity contribution in [3.8, 4) is 0 Å². The van der Waals surface area contributed by atoms with Crippen molar-refractivity contribution in [3.05, 3.63) is 18.0 Å². The van der Waals surface area contributed by atoms with Gasteiger partial charge in [-0.15, -0.1) is 0 Å². The second kappa shape index (κ2) is 9.58. The van der Waals surface area contributed by atoms with Gasteiger partial charge in [-0.05, 0) is 50.6 Å². The first-order valence-electron chi connectivity index (χ1n) is 11.4. The summed E-state index contributed by atoms with van der Waals surface area (Å²) in [5.41, 5.74) is 1.18. The van der Waals surface area contributed by atoms with Crippen LogP contribution in [-0.4, -0.2) is 77.5 Å². The number of nitrogens with one attached hydrogen (secondary N) is 1. The van der Waals surface area contributed by atoms with Gasteiger partial charge in [0.15, 0.2) is 0 Å². The number of hydrogen-bond donors (Lipinski definition) is 1. The third kappa shape index (κ3) is 4.84. The normalized spacial score (nSPS) is 30.1. The number of likely N-dealkylation sites (tertiary alicyclic amines) is 1. The maximum atomic E-state index is 12.2. The van der Waals surface area contributed by atoms with E-state index in [0.29, 0.717) is 31.0 Å². The summed E-state index contributed by atoms with van der Waals surface area (Å²) in [4.78, 5) is 17.6. The van der Waals surface area contributed by atoms with Crippen LogP contribution in [0.15, 0.2) is 12.3 Å². The number of methoxy groups -OCH3 is 1. The minimum atomic E-state index is 0.111. The van der Waals surface area contributed by atoms with Crippen molar-refractivity contribution >= 4 is 5.91 Å². The average Bonchev–Trinajstić information content (AvgIpc) is 3.19. The molecule has 4 atom stereocenters. The molecule has 0 unspecified atom stereocenters. The van der Waals surface area contributed by atoms with Crippen LogP contribution in [0.1, 0.15) is 44.7 Å². The Kier molecular flexibility index (Phi) is 6.88. The molecule has 0 radical (unpaired) electrons. The van der Waals surface area contributed by atoms with Gasteiger partial charge in [0.05, 0.1) is 12.3 Å². The molecule has 4 rings (SSSR count). The maximum Gasteiger partial charge on any atom is 0.222 e. The summed E-state index contributed by atoms with van der Waals surface area (Å²) in [6.07, 6.45) is 7.79. The fraction of sp³-hybridized carbons (Fsp3) is 0.818. The summed E-state index contributed by atoms with van der Waals surface area (Å²) in [5, 5.41) is 7.91. The van der Waals surface area contributed by atoms with Crippen LogP contribution in [0.2, 0.25) is 0 Å². The monoisotopic (exact) mass is 403 g/mol. The van der Waals surface area contributed by atoms with Gasteiger partial charge >= 0.3 is 0 Å². The van der Waals surface area contributed by atoms with E-state index in [-0.39, 0.29) is 5.91 Å². The SMILES string of the molecule is CCn1ccc(CN2C[C@H]3C[C@@H](C2)[C@H](CNC(=O)CCOC)N2CCCC[C@@H]32)n1. The Bertz CT molecular complexity index is 678. The highest BCUT2D eigenvalue weighted by atomic mass is 16.5. The number of carbonyl (C=O) groups excluding carboxylic acids is 1. The van der Waals surface area contributed by atoms with Crippen molar-refractivity contribution in [1.29, 1.82) is 0 Å². The third-order valence-corrected chi connectivity index (χ3v) is 7.14. The first-order chi connectivity index (χ1) is 14.2. The first kappa shape index (κ1) is 20.8. The largest absolute Gasteiger partial charge is 0.384 e. The minimum absolute atomic E-state index is 0.111. The molecule has 1 amide bonds. The molecule has 7 heteroatoms. The molecule has 3 aliphatic heterocycles. The molecule has 29 heavy (non-hydrogen) atoms. The van der Waals surface area contributed by atoms with Gasteiger partial charge in [-0.1, -0.05) is 6.42 Å². The van der Waals surface area contributed by atoms with Gasteiger partial charge in [-0.25, -0.2) is 0 Å². The van der Waals surface area contributed by atoms with Crippen LogP contribution in [-0.2, 0) is 22.6 Å². The van der Waals surface area contributed by atoms with Gasteiger partial charge in [0.2, 0.25) is 5.91 Å². The third-order valence-electron chi connectivity index (χ3n) is 7.14. The van der Waals surface area contributed by atoms with Crippen LogP contribution >= 0.6 is 0 Å². The van der Waals surface area contributed by atoms with Crippen molar-refractivity contribution in [2.75, 3.05) is 39.9 Å². The first-order valence-corrected chi connectivity index (χ1v) is 11.4. The fourth-order valence-electron chi connectivity index (χ4n) is 5.81. The Balaban J connectivity index is 1.42. The number of aromatic nitrogens is 2. The van der Waals surface area contributed by atoms with E-state index in [1.165, 1.54) is 44.5 Å². The van der Waals surface area contributed by atoms with Gasteiger partial charge in [0, 0.05) is 64.5 Å². The van der Waals surface area contributed by atoms with Crippen LogP contribution in [0.25, 0.3) is 0 Å². The van der Waals surface area contributed by atoms with E-state index < -0.39 is 0 Å². The molecule has 0 spiro atoms. The molecular formula is C22H37N5O2. The van der Waals surface area contributed by atoms with Crippen molar-refractivity contribution < 1.29 is 9.53 Å². The highest BCUT2D eigenvalue weighted by Crippen LogP contribution is 2.41. The summed E-state index contributed by atoms with van der Waals surface area (Å²) in [6, 6.07) is 3.30. The lowest BCUT2D eigenvalue weighted by Gasteiger charge is -2.56. The Hall–Kier alpha value is -1.44. The number of nitrogens with zero attached hydrogens (tertiary/aromatic N) is 4. The molecule has 1 aromatic rings. The number of fused-ring (bicyclic) bond motifs is 4. The number of amides is 1. The van der Waals surface area contributed by atoms with Crippen LogP contribution in [0.5, 0.6) is 0 Å². The highest BCUT2D eigenvalue weighted by Gasteiger charge is 2.47. The van der Waals surface area contributed by atoms with Gasteiger partial charge in [0.1, 0.15) is 0 Å². The number of carbonyl (C=O) groups is 1. The second-order valence-electron chi connectivity index (χ2n) is 9.03. The molecule has 0 saturated carbocycles. The Labute approximate surface area is 174 Å². The number of piperidine rings is 3. The van der Waals surface area contributed by atoms with E-state index in [9.17, 15) is 4.79 Å². The van der Waals surface area contributed by atoms with Crippen LogP contribution in [0, 0.1) is 11.8 Å². The molecule has 1 N–H and O–H groups in total. The minimum Gasteiger partial charge on any atom is -0.384 e. The predicted octanol–water partition coefficient (Wildman–Crippen LogP) is 1.73. The Morgan fingerprint density at radius 2 is 2.17 bits per heavy atom. The molecular weight excluding hydrogens is 366 g/mol. The molecule has 162 valence electrons. The molecule has 1 aromatic heterocycles. The van der Waals surface area contributed by atoms with E-state index in [2.05, 4.69) is 34.3 Å². The molecule has 2 bridgehead atoms. The van der Waals surface area contributed by atoms with Crippen LogP contribution < -0.4 is 5.32 Å². The van der Waals surface area contributed by atoms with E-state index in [0.717, 1.165) is 32.1 Å². The predicted molar refractivity (Wildman–Crippen MR) is 112 cm³/mol. The summed E-state index contributed by atoms with van der Waals surface area (Å²) < 4.78 is 7.07. The summed E-state index contributed by atoms with van der Waals surface area (Å²) in [7, 11) is 1.65. The molecule has 3 aliphatic rings. The van der Waals surface area contributed by atoms with E-state index in [1.807, 2.05) is 4.68 Å². The highest BCUT2D eigenvalue weighted by molar-refractivity contribution is 5.76. The van der Waals surface area contributed by atoms with Crippen molar-refractivity contribution in [2.45, 2.75) is 64.2 Å². The van der Waals surface area contributed by atoms with Crippen molar-refractivity contribution in [1.82, 2.24) is 24.9 Å². The topological polar surface area (TPSA) is 62.6 Å². The summed E-state index contributed by atoms with van der Waals surface area (Å²) >= 11 is 0. The van der Waals surface area contributed by atoms with Gasteiger partial charge in [0.25, 0.3) is 0 Å². The van der Waals surface area contributed by atoms with Crippen molar-refractivity contribution in [2.24, 2.45) is 11.8 Å². The standard InChI is InChI=1S/C22H37N5O2/c1-3-26-10-7-19(24-26)16-25-14-17-12-18(15-25)21(13-23-22(28)8-11-29-2)27-9-5-4-6-20(17)27/h7,10,17-18,20-21H,3-6,8-9,11-16H2,1-2H3,(H,23,28)/t17-,18+,20+,21+/m1/s1. The lowest BCUT2D eigenvalue weighted by Crippen LogP contribution is -2.65. The number of rotatable bonds is 8. The maximum absolute atomic E-state index is 12.2. The lowest BCUT2D eigenvalue weighted by molar-refractivity contribution is -0.123. The number of hydrogen-bond acceptors (Lipinski definition) is 5. The lowest BCUT2D eigenvalue weighted by atomic mass is 9.72. The van der Waals surface area contributed by atoms with Gasteiger partial charge < -0.3 is 10.1 Å². The van der Waals surface area contributed by atoms with E-state index in [1.54, 1.807) is 7.11 Å². The smallest absolute Gasteiger partial charge is 0.222 e. The van der Waals surface area contributed by atoms with Gasteiger partial charge in [-0.2, -0.15) is 5.10 Å². The zero-order chi connectivity index (χ0) is 20.2. The molecule has 3 fully saturated rings. The Morgan fingerprint density at radius 3 is 2.97 bits per heavy atom. The second-order valence-corrected chi connectivity index (χ2v) is 9.03. The van der Waals surface area contributed by atoms with Crippen LogP contribution in [0.3, 0.4) is 0 Å². The summed E-state index contributed by atoms with van der Waals surface area (Å²) in [6.45, 7) is 8.75. The fourth-order valence-corrected chi connectivity index (χ4v) is 5.81. The molecule has 7 nitrogen and oxygen atoms in total. The Morgan fingerprint density at radius 1 is 1.31 bits per heavy atom.